The predicted octanol–water partition coefficient (Wildman–Crippen LogP) is 2.00. The summed E-state index contributed by atoms with van der Waals surface area (Å²) >= 11 is 1.70. The van der Waals surface area contributed by atoms with Gasteiger partial charge in [-0.1, -0.05) is 12.1 Å². The standard InChI is InChI=1S/C11H14O3S/c12-5-2-6-15-8-9-3-1-4-10(7-9)11(13)14/h1,3-4,7,12H,2,5-6,8H2,(H,13,14). The molecule has 0 aliphatic carbocycles. The van der Waals surface area contributed by atoms with Gasteiger partial charge in [-0.05, 0) is 29.9 Å². The second kappa shape index (κ2) is 6.48. The van der Waals surface area contributed by atoms with Crippen molar-refractivity contribution in [2.75, 3.05) is 12.4 Å². The maximum atomic E-state index is 10.7. The molecule has 0 atom stereocenters. The molecule has 15 heavy (non-hydrogen) atoms. The molecule has 0 aliphatic rings. The fraction of sp³-hybridized carbons (Fsp3) is 0.364. The van der Waals surface area contributed by atoms with Gasteiger partial charge < -0.3 is 10.2 Å². The molecule has 1 aromatic carbocycles. The number of carbonyl (C=O) groups is 1. The molecule has 0 aromatic heterocycles. The normalized spacial score (nSPS) is 10.2. The lowest BCUT2D eigenvalue weighted by atomic mass is 10.1. The fourth-order valence-corrected chi connectivity index (χ4v) is 2.04. The van der Waals surface area contributed by atoms with E-state index in [4.69, 9.17) is 10.2 Å². The smallest absolute Gasteiger partial charge is 0.335 e. The molecular weight excluding hydrogens is 212 g/mol. The minimum atomic E-state index is -0.891. The van der Waals surface area contributed by atoms with E-state index in [0.717, 1.165) is 23.5 Å². The Morgan fingerprint density at radius 3 is 2.87 bits per heavy atom. The third-order valence-corrected chi connectivity index (χ3v) is 3.00. The number of thioether (sulfide) groups is 1. The van der Waals surface area contributed by atoms with E-state index in [1.165, 1.54) is 0 Å². The van der Waals surface area contributed by atoms with E-state index in [0.29, 0.717) is 5.56 Å². The van der Waals surface area contributed by atoms with Crippen molar-refractivity contribution in [2.45, 2.75) is 12.2 Å². The van der Waals surface area contributed by atoms with Crippen LogP contribution in [-0.4, -0.2) is 28.5 Å². The summed E-state index contributed by atoms with van der Waals surface area (Å²) in [5, 5.41) is 17.4. The summed E-state index contributed by atoms with van der Waals surface area (Å²) in [5.41, 5.74) is 1.34. The highest BCUT2D eigenvalue weighted by Crippen LogP contribution is 2.14. The van der Waals surface area contributed by atoms with Crippen molar-refractivity contribution in [3.63, 3.8) is 0 Å². The maximum absolute atomic E-state index is 10.7. The molecule has 0 saturated carbocycles. The summed E-state index contributed by atoms with van der Waals surface area (Å²) in [7, 11) is 0. The Kier molecular flexibility index (Phi) is 5.21. The molecule has 0 amide bonds. The Morgan fingerprint density at radius 2 is 2.20 bits per heavy atom. The average Bonchev–Trinajstić information content (AvgIpc) is 2.25. The van der Waals surface area contributed by atoms with Gasteiger partial charge in [0.25, 0.3) is 0 Å². The van der Waals surface area contributed by atoms with E-state index in [9.17, 15) is 4.79 Å². The Bertz CT molecular complexity index is 325. The van der Waals surface area contributed by atoms with E-state index in [1.54, 1.807) is 30.0 Å². The van der Waals surface area contributed by atoms with Gasteiger partial charge in [-0.3, -0.25) is 0 Å². The summed E-state index contributed by atoms with van der Waals surface area (Å²) in [5.74, 6) is 0.798. The zero-order valence-electron chi connectivity index (χ0n) is 8.35. The first-order chi connectivity index (χ1) is 7.24. The molecule has 3 nitrogen and oxygen atoms in total. The fourth-order valence-electron chi connectivity index (χ4n) is 1.15. The third kappa shape index (κ3) is 4.36. The molecule has 0 spiro atoms. The predicted molar refractivity (Wildman–Crippen MR) is 61.3 cm³/mol. The van der Waals surface area contributed by atoms with Crippen molar-refractivity contribution < 1.29 is 15.0 Å². The maximum Gasteiger partial charge on any atom is 0.335 e. The minimum absolute atomic E-state index is 0.210. The van der Waals surface area contributed by atoms with Crippen LogP contribution in [-0.2, 0) is 5.75 Å². The number of rotatable bonds is 6. The van der Waals surface area contributed by atoms with Gasteiger partial charge in [0, 0.05) is 12.4 Å². The Morgan fingerprint density at radius 1 is 1.40 bits per heavy atom. The topological polar surface area (TPSA) is 57.5 Å². The lowest BCUT2D eigenvalue weighted by Gasteiger charge is -2.02. The van der Waals surface area contributed by atoms with Crippen molar-refractivity contribution in [3.05, 3.63) is 35.4 Å². The summed E-state index contributed by atoms with van der Waals surface area (Å²) < 4.78 is 0. The zero-order chi connectivity index (χ0) is 11.1. The number of carboxylic acid groups (broad SMARTS) is 1. The lowest BCUT2D eigenvalue weighted by Crippen LogP contribution is -1.96. The molecule has 1 rings (SSSR count). The number of benzene rings is 1. The number of hydrogen-bond donors (Lipinski definition) is 2. The van der Waals surface area contributed by atoms with Gasteiger partial charge in [-0.15, -0.1) is 0 Å². The van der Waals surface area contributed by atoms with Crippen LogP contribution in [0.5, 0.6) is 0 Å². The van der Waals surface area contributed by atoms with E-state index in [1.807, 2.05) is 6.07 Å². The molecule has 4 heteroatoms. The van der Waals surface area contributed by atoms with Gasteiger partial charge in [0.05, 0.1) is 5.56 Å². The first-order valence-corrected chi connectivity index (χ1v) is 5.90. The van der Waals surface area contributed by atoms with Crippen molar-refractivity contribution in [1.82, 2.24) is 0 Å². The minimum Gasteiger partial charge on any atom is -0.478 e. The van der Waals surface area contributed by atoms with Gasteiger partial charge >= 0.3 is 5.97 Å². The van der Waals surface area contributed by atoms with E-state index in [2.05, 4.69) is 0 Å². The van der Waals surface area contributed by atoms with Gasteiger partial charge in [-0.25, -0.2) is 4.79 Å². The SMILES string of the molecule is O=C(O)c1cccc(CSCCCO)c1. The van der Waals surface area contributed by atoms with Crippen LogP contribution in [0.25, 0.3) is 0 Å². The lowest BCUT2D eigenvalue weighted by molar-refractivity contribution is 0.0697. The molecule has 0 aliphatic heterocycles. The van der Waals surface area contributed by atoms with Crippen LogP contribution in [0.2, 0.25) is 0 Å². The van der Waals surface area contributed by atoms with Crippen molar-refractivity contribution in [2.24, 2.45) is 0 Å². The molecule has 0 radical (unpaired) electrons. The van der Waals surface area contributed by atoms with Crippen LogP contribution in [0.1, 0.15) is 22.3 Å². The first kappa shape index (κ1) is 12.1. The van der Waals surface area contributed by atoms with Gasteiger partial charge in [0.1, 0.15) is 0 Å². The molecule has 1 aromatic rings. The van der Waals surface area contributed by atoms with E-state index in [-0.39, 0.29) is 6.61 Å². The summed E-state index contributed by atoms with van der Waals surface area (Å²) in [6.07, 6.45) is 0.781. The zero-order valence-corrected chi connectivity index (χ0v) is 9.17. The van der Waals surface area contributed by atoms with E-state index < -0.39 is 5.97 Å². The van der Waals surface area contributed by atoms with Crippen LogP contribution in [0.15, 0.2) is 24.3 Å². The number of aliphatic hydroxyl groups is 1. The summed E-state index contributed by atoms with van der Waals surface area (Å²) in [6, 6.07) is 6.95. The average molecular weight is 226 g/mol. The van der Waals surface area contributed by atoms with Crippen molar-refractivity contribution >= 4 is 17.7 Å². The molecule has 0 bridgehead atoms. The first-order valence-electron chi connectivity index (χ1n) is 4.75. The summed E-state index contributed by atoms with van der Waals surface area (Å²) in [6.45, 7) is 0.210. The van der Waals surface area contributed by atoms with Crippen molar-refractivity contribution in [3.8, 4) is 0 Å². The van der Waals surface area contributed by atoms with E-state index >= 15 is 0 Å². The monoisotopic (exact) mass is 226 g/mol. The second-order valence-electron chi connectivity index (χ2n) is 3.14. The van der Waals surface area contributed by atoms with Crippen molar-refractivity contribution in [1.29, 1.82) is 0 Å². The molecule has 0 fully saturated rings. The Labute approximate surface area is 93.1 Å². The highest BCUT2D eigenvalue weighted by atomic mass is 32.2. The van der Waals surface area contributed by atoms with Gasteiger partial charge in [-0.2, -0.15) is 11.8 Å². The highest BCUT2D eigenvalue weighted by molar-refractivity contribution is 7.98. The molecule has 82 valence electrons. The number of aliphatic hydroxyl groups excluding tert-OH is 1. The molecular formula is C11H14O3S. The van der Waals surface area contributed by atoms with Gasteiger partial charge in [0.2, 0.25) is 0 Å². The van der Waals surface area contributed by atoms with Crippen LogP contribution in [0.3, 0.4) is 0 Å². The molecule has 0 unspecified atom stereocenters. The van der Waals surface area contributed by atoms with Crippen LogP contribution < -0.4 is 0 Å². The Balaban J connectivity index is 2.47. The van der Waals surface area contributed by atoms with Crippen LogP contribution in [0, 0.1) is 0 Å². The largest absolute Gasteiger partial charge is 0.478 e. The number of aromatic carboxylic acids is 1. The van der Waals surface area contributed by atoms with Crippen LogP contribution in [0.4, 0.5) is 0 Å². The summed E-state index contributed by atoms with van der Waals surface area (Å²) in [4.78, 5) is 10.7. The number of carboxylic acids is 1. The van der Waals surface area contributed by atoms with Crippen LogP contribution >= 0.6 is 11.8 Å². The third-order valence-electron chi connectivity index (χ3n) is 1.89. The van der Waals surface area contributed by atoms with Gasteiger partial charge in [0.15, 0.2) is 0 Å². The number of hydrogen-bond acceptors (Lipinski definition) is 3. The Hall–Kier alpha value is -1.00. The second-order valence-corrected chi connectivity index (χ2v) is 4.24. The molecule has 2 N–H and O–H groups in total. The highest BCUT2D eigenvalue weighted by Gasteiger charge is 2.02. The molecule has 0 heterocycles. The molecule has 0 saturated heterocycles. The quantitative estimate of drug-likeness (QED) is 0.728.